The summed E-state index contributed by atoms with van der Waals surface area (Å²) in [4.78, 5) is 11.3. The summed E-state index contributed by atoms with van der Waals surface area (Å²) in [6, 6.07) is 1.39. The molecule has 2 nitrogen and oxygen atoms in total. The van der Waals surface area contributed by atoms with Crippen molar-refractivity contribution in [2.75, 3.05) is 0 Å². The van der Waals surface area contributed by atoms with E-state index in [1.165, 1.54) is 6.92 Å². The van der Waals surface area contributed by atoms with Gasteiger partial charge in [0.15, 0.2) is 5.78 Å². The average molecular weight is 282 g/mol. The third-order valence-electron chi connectivity index (χ3n) is 2.49. The topological polar surface area (TPSA) is 26.3 Å². The van der Waals surface area contributed by atoms with E-state index in [0.717, 1.165) is 13.0 Å². The van der Waals surface area contributed by atoms with Crippen molar-refractivity contribution in [3.8, 4) is 5.75 Å². The molecule has 106 valence electrons. The summed E-state index contributed by atoms with van der Waals surface area (Å²) in [6.07, 6.45) is -4.78. The van der Waals surface area contributed by atoms with E-state index in [9.17, 15) is 26.7 Å². The van der Waals surface area contributed by atoms with E-state index in [0.29, 0.717) is 6.07 Å². The molecule has 0 aromatic heterocycles. The van der Waals surface area contributed by atoms with E-state index in [1.807, 2.05) is 0 Å². The van der Waals surface area contributed by atoms with Crippen LogP contribution in [-0.2, 0) is 12.6 Å². The van der Waals surface area contributed by atoms with Gasteiger partial charge in [0, 0.05) is 5.56 Å². The molecule has 0 amide bonds. The zero-order chi connectivity index (χ0) is 14.8. The van der Waals surface area contributed by atoms with Gasteiger partial charge in [-0.1, -0.05) is 6.92 Å². The molecular weight excluding hydrogens is 271 g/mol. The molecule has 1 rings (SSSR count). The molecule has 0 spiro atoms. The molecule has 0 N–H and O–H groups in total. The number of hydrogen-bond donors (Lipinski definition) is 0. The summed E-state index contributed by atoms with van der Waals surface area (Å²) in [5, 5.41) is 0. The van der Waals surface area contributed by atoms with Gasteiger partial charge in [-0.15, -0.1) is 0 Å². The maximum Gasteiger partial charge on any atom is 0.416 e. The van der Waals surface area contributed by atoms with Crippen molar-refractivity contribution in [3.63, 3.8) is 0 Å². The minimum atomic E-state index is -4.74. The smallest absolute Gasteiger partial charge is 0.416 e. The van der Waals surface area contributed by atoms with Crippen LogP contribution in [0.5, 0.6) is 5.75 Å². The number of carbonyl (C=O) groups is 1. The number of rotatable bonds is 4. The minimum Gasteiger partial charge on any atom is -0.435 e. The van der Waals surface area contributed by atoms with Crippen molar-refractivity contribution in [2.24, 2.45) is 0 Å². The van der Waals surface area contributed by atoms with Crippen LogP contribution in [0.25, 0.3) is 0 Å². The van der Waals surface area contributed by atoms with Crippen molar-refractivity contribution in [3.05, 3.63) is 28.8 Å². The first-order valence-corrected chi connectivity index (χ1v) is 5.36. The lowest BCUT2D eigenvalue weighted by Gasteiger charge is -2.17. The second kappa shape index (κ2) is 5.54. The molecule has 0 saturated carbocycles. The van der Waals surface area contributed by atoms with E-state index in [4.69, 9.17) is 0 Å². The third-order valence-corrected chi connectivity index (χ3v) is 2.49. The third kappa shape index (κ3) is 3.65. The Hall–Kier alpha value is -1.66. The highest BCUT2D eigenvalue weighted by molar-refractivity contribution is 5.96. The molecule has 0 saturated heterocycles. The zero-order valence-electron chi connectivity index (χ0n) is 10.1. The predicted octanol–water partition coefficient (Wildman–Crippen LogP) is 4.07. The minimum absolute atomic E-state index is 0.0429. The molecule has 1 aromatic carbocycles. The van der Waals surface area contributed by atoms with Gasteiger partial charge in [0.2, 0.25) is 0 Å². The van der Waals surface area contributed by atoms with Crippen LogP contribution in [-0.4, -0.2) is 12.4 Å². The molecule has 0 aliphatic rings. The van der Waals surface area contributed by atoms with Crippen LogP contribution in [0.4, 0.5) is 22.0 Å². The lowest BCUT2D eigenvalue weighted by Crippen LogP contribution is -2.14. The summed E-state index contributed by atoms with van der Waals surface area (Å²) >= 11 is 0. The number of ketones is 1. The standard InChI is InChI=1S/C12H11F5O2/c1-3-8-9(6(2)18)4-7(19-11(13)14)5-10(8)12(15,16)17/h4-5,11H,3H2,1-2H3. The monoisotopic (exact) mass is 282 g/mol. The van der Waals surface area contributed by atoms with Gasteiger partial charge in [0.05, 0.1) is 5.56 Å². The van der Waals surface area contributed by atoms with E-state index >= 15 is 0 Å². The molecule has 0 radical (unpaired) electrons. The highest BCUT2D eigenvalue weighted by Gasteiger charge is 2.35. The van der Waals surface area contributed by atoms with E-state index in [-0.39, 0.29) is 17.5 Å². The number of carbonyl (C=O) groups excluding carboxylic acids is 1. The Morgan fingerprint density at radius 3 is 2.26 bits per heavy atom. The SMILES string of the molecule is CCc1c(C(C)=O)cc(OC(F)F)cc1C(F)(F)F. The van der Waals surface area contributed by atoms with Crippen molar-refractivity contribution >= 4 is 5.78 Å². The molecule has 0 heterocycles. The Morgan fingerprint density at radius 1 is 1.32 bits per heavy atom. The van der Waals surface area contributed by atoms with E-state index in [2.05, 4.69) is 4.74 Å². The molecule has 0 atom stereocenters. The van der Waals surface area contributed by atoms with Gasteiger partial charge in [-0.05, 0) is 31.0 Å². The van der Waals surface area contributed by atoms with Gasteiger partial charge < -0.3 is 4.74 Å². The fourth-order valence-electron chi connectivity index (χ4n) is 1.76. The summed E-state index contributed by atoms with van der Waals surface area (Å²) in [7, 11) is 0. The summed E-state index contributed by atoms with van der Waals surface area (Å²) in [5.41, 5.74) is -1.60. The zero-order valence-corrected chi connectivity index (χ0v) is 10.1. The highest BCUT2D eigenvalue weighted by Crippen LogP contribution is 2.37. The molecule has 0 aliphatic heterocycles. The fourth-order valence-corrected chi connectivity index (χ4v) is 1.76. The van der Waals surface area contributed by atoms with Gasteiger partial charge in [-0.25, -0.2) is 0 Å². The number of halogens is 5. The number of alkyl halides is 5. The van der Waals surface area contributed by atoms with Crippen molar-refractivity contribution in [2.45, 2.75) is 33.1 Å². The van der Waals surface area contributed by atoms with Crippen molar-refractivity contribution < 1.29 is 31.5 Å². The number of ether oxygens (including phenoxy) is 1. The maximum atomic E-state index is 12.8. The molecule has 0 aliphatic carbocycles. The molecule has 0 bridgehead atoms. The van der Waals surface area contributed by atoms with Crippen LogP contribution in [0.15, 0.2) is 12.1 Å². The Labute approximate surface area is 106 Å². The van der Waals surface area contributed by atoms with Crippen LogP contribution in [0.3, 0.4) is 0 Å². The molecule has 7 heteroatoms. The second-order valence-corrected chi connectivity index (χ2v) is 3.78. The van der Waals surface area contributed by atoms with Gasteiger partial charge in [0.1, 0.15) is 5.75 Å². The van der Waals surface area contributed by atoms with Crippen molar-refractivity contribution in [1.29, 1.82) is 0 Å². The molecule has 19 heavy (non-hydrogen) atoms. The lowest BCUT2D eigenvalue weighted by molar-refractivity contribution is -0.138. The van der Waals surface area contributed by atoms with Crippen LogP contribution in [0.1, 0.15) is 35.3 Å². The molecular formula is C12H11F5O2. The van der Waals surface area contributed by atoms with E-state index in [1.54, 1.807) is 0 Å². The molecule has 0 fully saturated rings. The first-order chi connectivity index (χ1) is 8.66. The Morgan fingerprint density at radius 2 is 1.89 bits per heavy atom. The normalized spacial score (nSPS) is 11.8. The first-order valence-electron chi connectivity index (χ1n) is 5.36. The summed E-state index contributed by atoms with van der Waals surface area (Å²) in [5.74, 6) is -1.31. The molecule has 0 unspecified atom stereocenters. The van der Waals surface area contributed by atoms with Crippen LogP contribution in [0.2, 0.25) is 0 Å². The predicted molar refractivity (Wildman–Crippen MR) is 57.5 cm³/mol. The lowest BCUT2D eigenvalue weighted by atomic mass is 9.95. The van der Waals surface area contributed by atoms with Gasteiger partial charge in [-0.3, -0.25) is 4.79 Å². The first kappa shape index (κ1) is 15.4. The quantitative estimate of drug-likeness (QED) is 0.614. The number of benzene rings is 1. The molecule has 1 aromatic rings. The number of hydrogen-bond acceptors (Lipinski definition) is 2. The van der Waals surface area contributed by atoms with Gasteiger partial charge in [-0.2, -0.15) is 22.0 Å². The van der Waals surface area contributed by atoms with E-state index < -0.39 is 29.9 Å². The maximum absolute atomic E-state index is 12.8. The highest BCUT2D eigenvalue weighted by atomic mass is 19.4. The Bertz CT molecular complexity index is 480. The van der Waals surface area contributed by atoms with Crippen LogP contribution < -0.4 is 4.74 Å². The summed E-state index contributed by atoms with van der Waals surface area (Å²) in [6.45, 7) is -0.737. The van der Waals surface area contributed by atoms with Gasteiger partial charge in [0.25, 0.3) is 0 Å². The second-order valence-electron chi connectivity index (χ2n) is 3.78. The van der Waals surface area contributed by atoms with Gasteiger partial charge >= 0.3 is 12.8 Å². The average Bonchev–Trinajstić information content (AvgIpc) is 2.25. The summed E-state index contributed by atoms with van der Waals surface area (Å²) < 4.78 is 66.6. The number of Topliss-reactive ketones (excluding diaryl/α,β-unsaturated/α-hetero) is 1. The fraction of sp³-hybridized carbons (Fsp3) is 0.417. The van der Waals surface area contributed by atoms with Crippen LogP contribution in [0, 0.1) is 0 Å². The largest absolute Gasteiger partial charge is 0.435 e. The van der Waals surface area contributed by atoms with Crippen molar-refractivity contribution in [1.82, 2.24) is 0 Å². The Kier molecular flexibility index (Phi) is 4.49. The Balaban J connectivity index is 3.50. The van der Waals surface area contributed by atoms with Crippen LogP contribution >= 0.6 is 0 Å².